The van der Waals surface area contributed by atoms with E-state index in [4.69, 9.17) is 11.2 Å². The Labute approximate surface area is 111 Å². The van der Waals surface area contributed by atoms with Crippen molar-refractivity contribution in [2.45, 2.75) is 44.8 Å². The van der Waals surface area contributed by atoms with E-state index in [1.54, 1.807) is 0 Å². The molecular formula is C15H26N2O. The normalized spacial score (nSPS) is 27.6. The molecule has 0 spiro atoms. The summed E-state index contributed by atoms with van der Waals surface area (Å²) in [5, 5.41) is 3.36. The van der Waals surface area contributed by atoms with Crippen molar-refractivity contribution >= 4 is 0 Å². The van der Waals surface area contributed by atoms with Crippen molar-refractivity contribution in [1.29, 1.82) is 0 Å². The van der Waals surface area contributed by atoms with Crippen LogP contribution in [0.4, 0.5) is 0 Å². The number of hydrogen-bond donors (Lipinski definition) is 1. The smallest absolute Gasteiger partial charge is 0.0707 e. The van der Waals surface area contributed by atoms with E-state index in [2.05, 4.69) is 23.1 Å². The summed E-state index contributed by atoms with van der Waals surface area (Å²) in [5.74, 6) is 3.68. The summed E-state index contributed by atoms with van der Waals surface area (Å²) in [4.78, 5) is 2.40. The second-order valence-electron chi connectivity index (χ2n) is 5.61. The Bertz CT molecular complexity index is 283. The summed E-state index contributed by atoms with van der Waals surface area (Å²) in [6.07, 6.45) is 11.4. The fourth-order valence-corrected chi connectivity index (χ4v) is 2.66. The molecule has 1 saturated heterocycles. The van der Waals surface area contributed by atoms with Gasteiger partial charge in [-0.05, 0) is 38.1 Å². The third kappa shape index (κ3) is 4.61. The molecule has 1 aliphatic carbocycles. The summed E-state index contributed by atoms with van der Waals surface area (Å²) in [6, 6.07) is 0. The van der Waals surface area contributed by atoms with E-state index in [9.17, 15) is 0 Å². The third-order valence-electron chi connectivity index (χ3n) is 3.81. The minimum absolute atomic E-state index is 0.390. The lowest BCUT2D eigenvalue weighted by Crippen LogP contribution is -2.35. The molecule has 0 radical (unpaired) electrons. The maximum Gasteiger partial charge on any atom is 0.0707 e. The van der Waals surface area contributed by atoms with Gasteiger partial charge in [-0.15, -0.1) is 6.42 Å². The Morgan fingerprint density at radius 1 is 1.22 bits per heavy atom. The highest BCUT2D eigenvalue weighted by atomic mass is 16.5. The number of nitrogens with one attached hydrogen (secondary N) is 1. The summed E-state index contributed by atoms with van der Waals surface area (Å²) >= 11 is 0. The van der Waals surface area contributed by atoms with Crippen LogP contribution in [0.1, 0.15) is 32.6 Å². The molecule has 1 saturated carbocycles. The monoisotopic (exact) mass is 250 g/mol. The molecule has 1 heterocycles. The van der Waals surface area contributed by atoms with Gasteiger partial charge in [-0.25, -0.2) is 0 Å². The summed E-state index contributed by atoms with van der Waals surface area (Å²) in [7, 11) is 0. The van der Waals surface area contributed by atoms with Crippen molar-refractivity contribution in [3.05, 3.63) is 0 Å². The number of rotatable bonds is 8. The standard InChI is InChI=1S/C15H26N2O/c1-3-9-17(11-13-5-6-13)12-15-8-7-14(18-15)10-16-4-2/h1,13-16H,4-12H2,2H3. The minimum atomic E-state index is 0.390. The SMILES string of the molecule is C#CCN(CC1CC1)CC1CCC(CNCC)O1. The fraction of sp³-hybridized carbons (Fsp3) is 0.867. The van der Waals surface area contributed by atoms with Gasteiger partial charge in [-0.3, -0.25) is 4.90 Å². The lowest BCUT2D eigenvalue weighted by atomic mass is 10.2. The molecule has 0 bridgehead atoms. The van der Waals surface area contributed by atoms with Gasteiger partial charge in [0.1, 0.15) is 0 Å². The average molecular weight is 250 g/mol. The van der Waals surface area contributed by atoms with Gasteiger partial charge in [0.25, 0.3) is 0 Å². The third-order valence-corrected chi connectivity index (χ3v) is 3.81. The van der Waals surface area contributed by atoms with Gasteiger partial charge in [-0.1, -0.05) is 12.8 Å². The Kier molecular flexibility index (Phi) is 5.49. The molecule has 2 rings (SSSR count). The van der Waals surface area contributed by atoms with Crippen LogP contribution < -0.4 is 5.32 Å². The van der Waals surface area contributed by atoms with Crippen molar-refractivity contribution in [2.75, 3.05) is 32.7 Å². The molecular weight excluding hydrogens is 224 g/mol. The molecule has 0 amide bonds. The van der Waals surface area contributed by atoms with E-state index >= 15 is 0 Å². The van der Waals surface area contributed by atoms with Gasteiger partial charge in [-0.2, -0.15) is 0 Å². The van der Waals surface area contributed by atoms with Crippen molar-refractivity contribution in [1.82, 2.24) is 10.2 Å². The van der Waals surface area contributed by atoms with Crippen molar-refractivity contribution in [3.63, 3.8) is 0 Å². The maximum absolute atomic E-state index is 6.07. The number of hydrogen-bond acceptors (Lipinski definition) is 3. The topological polar surface area (TPSA) is 24.5 Å². The maximum atomic E-state index is 6.07. The molecule has 3 heteroatoms. The van der Waals surface area contributed by atoms with Gasteiger partial charge >= 0.3 is 0 Å². The van der Waals surface area contributed by atoms with Crippen LogP contribution in [0.5, 0.6) is 0 Å². The number of nitrogens with zero attached hydrogens (tertiary/aromatic N) is 1. The summed E-state index contributed by atoms with van der Waals surface area (Å²) in [5.41, 5.74) is 0. The Balaban J connectivity index is 1.69. The molecule has 1 aliphatic heterocycles. The van der Waals surface area contributed by atoms with Crippen LogP contribution >= 0.6 is 0 Å². The van der Waals surface area contributed by atoms with Crippen molar-refractivity contribution < 1.29 is 4.74 Å². The first-order chi connectivity index (χ1) is 8.81. The largest absolute Gasteiger partial charge is 0.372 e. The first kappa shape index (κ1) is 13.9. The first-order valence-corrected chi connectivity index (χ1v) is 7.33. The lowest BCUT2D eigenvalue weighted by molar-refractivity contribution is 0.0252. The molecule has 2 atom stereocenters. The van der Waals surface area contributed by atoms with Crippen LogP contribution in [-0.2, 0) is 4.74 Å². The van der Waals surface area contributed by atoms with E-state index in [-0.39, 0.29) is 0 Å². The van der Waals surface area contributed by atoms with E-state index in [1.165, 1.54) is 32.2 Å². The van der Waals surface area contributed by atoms with Crippen LogP contribution in [0.3, 0.4) is 0 Å². The van der Waals surface area contributed by atoms with Gasteiger partial charge in [0, 0.05) is 19.6 Å². The van der Waals surface area contributed by atoms with Gasteiger partial charge in [0.2, 0.25) is 0 Å². The molecule has 2 aliphatic rings. The highest BCUT2D eigenvalue weighted by molar-refractivity contribution is 4.91. The fourth-order valence-electron chi connectivity index (χ4n) is 2.66. The molecule has 3 nitrogen and oxygen atoms in total. The van der Waals surface area contributed by atoms with E-state index in [0.717, 1.165) is 32.1 Å². The van der Waals surface area contributed by atoms with E-state index in [1.807, 2.05) is 0 Å². The summed E-state index contributed by atoms with van der Waals surface area (Å²) < 4.78 is 6.07. The van der Waals surface area contributed by atoms with Crippen LogP contribution in [0.2, 0.25) is 0 Å². The van der Waals surface area contributed by atoms with Crippen LogP contribution in [0.25, 0.3) is 0 Å². The highest BCUT2D eigenvalue weighted by Crippen LogP contribution is 2.30. The zero-order valence-corrected chi connectivity index (χ0v) is 11.5. The van der Waals surface area contributed by atoms with Crippen molar-refractivity contribution in [2.24, 2.45) is 5.92 Å². The average Bonchev–Trinajstić information content (AvgIpc) is 3.05. The number of ether oxygens (including phenoxy) is 1. The molecule has 0 aromatic carbocycles. The number of terminal acetylenes is 1. The van der Waals surface area contributed by atoms with Crippen LogP contribution in [0.15, 0.2) is 0 Å². The predicted molar refractivity (Wildman–Crippen MR) is 74.4 cm³/mol. The molecule has 2 unspecified atom stereocenters. The highest BCUT2D eigenvalue weighted by Gasteiger charge is 2.29. The minimum Gasteiger partial charge on any atom is -0.372 e. The van der Waals surface area contributed by atoms with E-state index < -0.39 is 0 Å². The Morgan fingerprint density at radius 3 is 2.67 bits per heavy atom. The van der Waals surface area contributed by atoms with Crippen LogP contribution in [0, 0.1) is 18.3 Å². The molecule has 102 valence electrons. The Morgan fingerprint density at radius 2 is 2.00 bits per heavy atom. The lowest BCUT2D eigenvalue weighted by Gasteiger charge is -2.23. The number of likely N-dealkylation sites (N-methyl/N-ethyl adjacent to an activating group) is 1. The predicted octanol–water partition coefficient (Wildman–Crippen LogP) is 1.49. The summed E-state index contributed by atoms with van der Waals surface area (Å²) in [6.45, 7) is 7.11. The van der Waals surface area contributed by atoms with Gasteiger partial charge in [0.05, 0.1) is 18.8 Å². The molecule has 2 fully saturated rings. The molecule has 0 aromatic heterocycles. The van der Waals surface area contributed by atoms with Gasteiger partial charge < -0.3 is 10.1 Å². The molecule has 1 N–H and O–H groups in total. The second-order valence-corrected chi connectivity index (χ2v) is 5.61. The zero-order chi connectivity index (χ0) is 12.8. The van der Waals surface area contributed by atoms with Crippen LogP contribution in [-0.4, -0.2) is 49.8 Å². The zero-order valence-electron chi connectivity index (χ0n) is 11.5. The first-order valence-electron chi connectivity index (χ1n) is 7.33. The second kappa shape index (κ2) is 7.13. The molecule has 18 heavy (non-hydrogen) atoms. The van der Waals surface area contributed by atoms with Gasteiger partial charge in [0.15, 0.2) is 0 Å². The van der Waals surface area contributed by atoms with E-state index in [0.29, 0.717) is 12.2 Å². The quantitative estimate of drug-likeness (QED) is 0.661. The molecule has 0 aromatic rings. The van der Waals surface area contributed by atoms with Crippen molar-refractivity contribution in [3.8, 4) is 12.3 Å². The Hall–Kier alpha value is -0.560.